The molecule has 1 aliphatic rings. The van der Waals surface area contributed by atoms with Crippen LogP contribution < -0.4 is 4.74 Å². The van der Waals surface area contributed by atoms with E-state index in [1.54, 1.807) is 12.1 Å². The molecule has 0 aliphatic carbocycles. The van der Waals surface area contributed by atoms with E-state index in [4.69, 9.17) is 15.7 Å². The lowest BCUT2D eigenvalue weighted by atomic mass is 9.91. The van der Waals surface area contributed by atoms with Crippen LogP contribution in [0.4, 0.5) is 0 Å². The van der Waals surface area contributed by atoms with Crippen LogP contribution in [-0.4, -0.2) is 0 Å². The summed E-state index contributed by atoms with van der Waals surface area (Å²) in [5.74, 6) is -0.438. The topological polar surface area (TPSA) is 9.23 Å². The van der Waals surface area contributed by atoms with Crippen LogP contribution in [0.5, 0.6) is 11.5 Å². The van der Waals surface area contributed by atoms with Gasteiger partial charge in [-0.1, -0.05) is 121 Å². The van der Waals surface area contributed by atoms with Crippen LogP contribution in [0.1, 0.15) is 12.3 Å². The molecule has 0 amide bonds. The summed E-state index contributed by atoms with van der Waals surface area (Å²) in [6.45, 7) is 0. The SMILES string of the molecule is [2H]c1c([2H])c(-c2ccc(-c3ccc4c5ccccc5c5ccccc5c4c3)cc2)c([2H])c2c1Oc1c([2H])c([2H])c([2H])c3c([2H])c([2H])c([2H])c-2c13. The molecule has 0 N–H and O–H groups in total. The first-order chi connectivity index (χ1) is 24.1. The number of hydrogen-bond donors (Lipinski definition) is 0. The Labute approximate surface area is 250 Å². The smallest absolute Gasteiger partial charge is 0.135 e. The van der Waals surface area contributed by atoms with E-state index in [0.717, 1.165) is 27.3 Å². The van der Waals surface area contributed by atoms with Crippen LogP contribution in [0.15, 0.2) is 145 Å². The van der Waals surface area contributed by atoms with Gasteiger partial charge < -0.3 is 4.74 Å². The molecule has 8 aromatic rings. The standard InChI is InChI=1S/C40H24O/c1-2-11-32-30(9-1)31-10-3-4-12-33(31)36-23-28(19-21-34(32)36)25-15-17-26(18-16-25)29-20-22-38-37(24-29)35-13-5-7-27-8-6-14-39(41-38)40(27)35/h1-24H/i5D,6D,7D,8D,13D,14D,20D,22D,24D. The van der Waals surface area contributed by atoms with Crippen molar-refractivity contribution in [3.8, 4) is 44.9 Å². The van der Waals surface area contributed by atoms with Gasteiger partial charge >= 0.3 is 0 Å². The number of benzene rings is 8. The highest BCUT2D eigenvalue weighted by molar-refractivity contribution is 6.25. The first-order valence-corrected chi connectivity index (χ1v) is 13.4. The monoisotopic (exact) mass is 529 g/mol. The van der Waals surface area contributed by atoms with Gasteiger partial charge in [0, 0.05) is 10.9 Å². The summed E-state index contributed by atoms with van der Waals surface area (Å²) in [5, 5.41) is 6.91. The largest absolute Gasteiger partial charge is 0.456 e. The zero-order valence-corrected chi connectivity index (χ0v) is 21.6. The fourth-order valence-corrected chi connectivity index (χ4v) is 6.01. The van der Waals surface area contributed by atoms with Crippen molar-refractivity contribution in [2.45, 2.75) is 0 Å². The molecule has 0 spiro atoms. The van der Waals surface area contributed by atoms with Crippen molar-refractivity contribution >= 4 is 43.1 Å². The Morgan fingerprint density at radius 2 is 1.02 bits per heavy atom. The van der Waals surface area contributed by atoms with Crippen molar-refractivity contribution in [2.75, 3.05) is 0 Å². The molecule has 0 saturated heterocycles. The summed E-state index contributed by atoms with van der Waals surface area (Å²) in [4.78, 5) is 0. The fraction of sp³-hybridized carbons (Fsp3) is 0. The lowest BCUT2D eigenvalue weighted by Gasteiger charge is -2.22. The predicted molar refractivity (Wildman–Crippen MR) is 173 cm³/mol. The van der Waals surface area contributed by atoms with Crippen LogP contribution in [-0.2, 0) is 0 Å². The molecule has 1 heterocycles. The summed E-state index contributed by atoms with van der Waals surface area (Å²) in [5.41, 5.74) is 2.52. The number of ether oxygens (including phenoxy) is 1. The highest BCUT2D eigenvalue weighted by atomic mass is 16.5. The maximum atomic E-state index is 9.32. The van der Waals surface area contributed by atoms with Gasteiger partial charge in [-0.2, -0.15) is 0 Å². The minimum atomic E-state index is -0.513. The van der Waals surface area contributed by atoms with Crippen molar-refractivity contribution in [2.24, 2.45) is 0 Å². The van der Waals surface area contributed by atoms with E-state index in [-0.39, 0.29) is 57.1 Å². The van der Waals surface area contributed by atoms with Crippen LogP contribution in [0, 0.1) is 0 Å². The van der Waals surface area contributed by atoms with E-state index in [0.29, 0.717) is 5.56 Å². The Bertz CT molecular complexity index is 2780. The molecule has 8 aromatic carbocycles. The normalized spacial score (nSPS) is 15.2. The van der Waals surface area contributed by atoms with E-state index in [9.17, 15) is 1.37 Å². The van der Waals surface area contributed by atoms with Crippen molar-refractivity contribution in [1.29, 1.82) is 0 Å². The number of rotatable bonds is 2. The zero-order valence-electron chi connectivity index (χ0n) is 30.6. The summed E-state index contributed by atoms with van der Waals surface area (Å²) in [6.07, 6.45) is 0. The molecule has 1 nitrogen and oxygen atoms in total. The first kappa shape index (κ1) is 15.4. The maximum Gasteiger partial charge on any atom is 0.135 e. The maximum absolute atomic E-state index is 9.32. The van der Waals surface area contributed by atoms with Gasteiger partial charge in [0.2, 0.25) is 0 Å². The molecule has 0 saturated carbocycles. The minimum absolute atomic E-state index is 0.00784. The quantitative estimate of drug-likeness (QED) is 0.202. The van der Waals surface area contributed by atoms with E-state index >= 15 is 0 Å². The third-order valence-corrected chi connectivity index (χ3v) is 7.95. The Morgan fingerprint density at radius 3 is 1.73 bits per heavy atom. The highest BCUT2D eigenvalue weighted by Gasteiger charge is 2.20. The average Bonchev–Trinajstić information content (AvgIpc) is 3.14. The van der Waals surface area contributed by atoms with Gasteiger partial charge in [0.05, 0.1) is 12.3 Å². The second kappa shape index (κ2) is 8.55. The molecule has 0 unspecified atom stereocenters. The summed E-state index contributed by atoms with van der Waals surface area (Å²) in [6, 6.07) is 27.0. The van der Waals surface area contributed by atoms with Gasteiger partial charge in [0.25, 0.3) is 0 Å². The van der Waals surface area contributed by atoms with Gasteiger partial charge in [-0.05, 0) is 89.7 Å². The number of fused-ring (bicyclic) bond motifs is 8. The molecule has 1 aliphatic heterocycles. The van der Waals surface area contributed by atoms with Crippen LogP contribution in [0.25, 0.3) is 76.5 Å². The first-order valence-electron chi connectivity index (χ1n) is 17.9. The Morgan fingerprint density at radius 1 is 0.439 bits per heavy atom. The van der Waals surface area contributed by atoms with E-state index < -0.39 is 36.3 Å². The average molecular weight is 530 g/mol. The van der Waals surface area contributed by atoms with E-state index in [1.165, 1.54) is 16.2 Å². The Hall–Kier alpha value is -5.40. The van der Waals surface area contributed by atoms with E-state index in [1.807, 2.05) is 18.2 Å². The second-order valence-corrected chi connectivity index (χ2v) is 10.2. The molecule has 190 valence electrons. The molecule has 41 heavy (non-hydrogen) atoms. The van der Waals surface area contributed by atoms with Crippen molar-refractivity contribution < 1.29 is 17.1 Å². The third kappa shape index (κ3) is 3.36. The lowest BCUT2D eigenvalue weighted by Crippen LogP contribution is -1.97. The van der Waals surface area contributed by atoms with E-state index in [2.05, 4.69) is 60.7 Å². The molecule has 0 fully saturated rings. The lowest BCUT2D eigenvalue weighted by molar-refractivity contribution is 0.487. The van der Waals surface area contributed by atoms with Crippen LogP contribution in [0.3, 0.4) is 0 Å². The van der Waals surface area contributed by atoms with Crippen LogP contribution >= 0.6 is 0 Å². The molecule has 9 rings (SSSR count). The third-order valence-electron chi connectivity index (χ3n) is 7.95. The molecule has 0 atom stereocenters. The molecular weight excluding hydrogens is 496 g/mol. The number of hydrogen-bond acceptors (Lipinski definition) is 1. The van der Waals surface area contributed by atoms with Crippen molar-refractivity contribution in [1.82, 2.24) is 0 Å². The molecule has 1 heteroatoms. The highest BCUT2D eigenvalue weighted by Crippen LogP contribution is 2.47. The van der Waals surface area contributed by atoms with Crippen LogP contribution in [0.2, 0.25) is 0 Å². The summed E-state index contributed by atoms with van der Waals surface area (Å²) in [7, 11) is 0. The second-order valence-electron chi connectivity index (χ2n) is 10.2. The Balaban J connectivity index is 1.22. The van der Waals surface area contributed by atoms with Gasteiger partial charge in [0.1, 0.15) is 11.5 Å². The minimum Gasteiger partial charge on any atom is -0.456 e. The summed E-state index contributed by atoms with van der Waals surface area (Å²) < 4.78 is 84.2. The zero-order chi connectivity index (χ0) is 34.7. The molecule has 0 radical (unpaired) electrons. The fourth-order valence-electron chi connectivity index (χ4n) is 6.01. The molecule has 0 bridgehead atoms. The van der Waals surface area contributed by atoms with Gasteiger partial charge in [-0.3, -0.25) is 0 Å². The molecular formula is C40H24O. The van der Waals surface area contributed by atoms with Crippen molar-refractivity contribution in [3.05, 3.63) is 145 Å². The van der Waals surface area contributed by atoms with Gasteiger partial charge in [-0.25, -0.2) is 0 Å². The van der Waals surface area contributed by atoms with Gasteiger partial charge in [0.15, 0.2) is 0 Å². The Kier molecular flexibility index (Phi) is 3.21. The molecule has 0 aromatic heterocycles. The summed E-state index contributed by atoms with van der Waals surface area (Å²) >= 11 is 0. The van der Waals surface area contributed by atoms with Crippen molar-refractivity contribution in [3.63, 3.8) is 0 Å². The predicted octanol–water partition coefficient (Wildman–Crippen LogP) is 11.4. The van der Waals surface area contributed by atoms with Gasteiger partial charge in [-0.15, -0.1) is 0 Å².